The predicted octanol–water partition coefficient (Wildman–Crippen LogP) is 3.27. The standard InChI is InChI=1S/C20H25ClN4O4/c1-20(2,3)29-19(27)25-10-9-24(12-13(25)11-16(26)28-4)18-15-8-6-5-7-14(15)17(21)22-23-18/h5-8,13H,9-12H2,1-4H3. The van der Waals surface area contributed by atoms with Gasteiger partial charge in [-0.1, -0.05) is 35.9 Å². The summed E-state index contributed by atoms with van der Waals surface area (Å²) in [4.78, 5) is 28.3. The molecular weight excluding hydrogens is 396 g/mol. The highest BCUT2D eigenvalue weighted by Gasteiger charge is 2.35. The van der Waals surface area contributed by atoms with Gasteiger partial charge in [-0.3, -0.25) is 4.79 Å². The van der Waals surface area contributed by atoms with Crippen molar-refractivity contribution in [3.8, 4) is 0 Å². The minimum absolute atomic E-state index is 0.0607. The van der Waals surface area contributed by atoms with Gasteiger partial charge in [0.25, 0.3) is 0 Å². The minimum atomic E-state index is -0.623. The number of nitrogens with zero attached hydrogens (tertiary/aromatic N) is 4. The van der Waals surface area contributed by atoms with Crippen LogP contribution < -0.4 is 4.90 Å². The maximum atomic E-state index is 12.7. The first-order valence-corrected chi connectivity index (χ1v) is 9.79. The number of esters is 1. The molecule has 2 aromatic rings. The molecule has 1 aliphatic rings. The number of carbonyl (C=O) groups excluding carboxylic acids is 2. The van der Waals surface area contributed by atoms with Crippen LogP contribution in [-0.4, -0.2) is 65.5 Å². The molecule has 156 valence electrons. The van der Waals surface area contributed by atoms with Crippen molar-refractivity contribution in [2.24, 2.45) is 0 Å². The zero-order chi connectivity index (χ0) is 21.2. The summed E-state index contributed by atoms with van der Waals surface area (Å²) in [6.07, 6.45) is -0.385. The molecule has 0 spiro atoms. The van der Waals surface area contributed by atoms with Crippen LogP contribution >= 0.6 is 11.6 Å². The second-order valence-corrected chi connectivity index (χ2v) is 8.27. The lowest BCUT2D eigenvalue weighted by Crippen LogP contribution is -2.57. The van der Waals surface area contributed by atoms with E-state index in [9.17, 15) is 9.59 Å². The maximum Gasteiger partial charge on any atom is 0.410 e. The van der Waals surface area contributed by atoms with E-state index in [4.69, 9.17) is 21.1 Å². The Morgan fingerprint density at radius 3 is 2.52 bits per heavy atom. The predicted molar refractivity (Wildman–Crippen MR) is 110 cm³/mol. The molecule has 1 aliphatic heterocycles. The fourth-order valence-corrected chi connectivity index (χ4v) is 3.55. The molecule has 3 rings (SSSR count). The first kappa shape index (κ1) is 21.1. The van der Waals surface area contributed by atoms with Gasteiger partial charge in [0, 0.05) is 30.4 Å². The Bertz CT molecular complexity index is 915. The smallest absolute Gasteiger partial charge is 0.410 e. The van der Waals surface area contributed by atoms with Gasteiger partial charge in [0.2, 0.25) is 0 Å². The molecule has 2 heterocycles. The van der Waals surface area contributed by atoms with E-state index in [0.29, 0.717) is 30.6 Å². The van der Waals surface area contributed by atoms with Crippen molar-refractivity contribution in [2.75, 3.05) is 31.6 Å². The number of methoxy groups -OCH3 is 1. The van der Waals surface area contributed by atoms with Crippen LogP contribution in [0.1, 0.15) is 27.2 Å². The first-order chi connectivity index (χ1) is 13.7. The average Bonchev–Trinajstić information content (AvgIpc) is 2.67. The van der Waals surface area contributed by atoms with Gasteiger partial charge in [-0.05, 0) is 20.8 Å². The molecule has 0 saturated carbocycles. The number of hydrogen-bond acceptors (Lipinski definition) is 7. The molecule has 1 aromatic heterocycles. The number of carbonyl (C=O) groups is 2. The van der Waals surface area contributed by atoms with Crippen LogP contribution in [0.25, 0.3) is 10.8 Å². The van der Waals surface area contributed by atoms with Crippen LogP contribution in [0.2, 0.25) is 5.15 Å². The lowest BCUT2D eigenvalue weighted by Gasteiger charge is -2.41. The maximum absolute atomic E-state index is 12.7. The number of fused-ring (bicyclic) bond motifs is 1. The molecule has 1 fully saturated rings. The third-order valence-electron chi connectivity index (χ3n) is 4.66. The summed E-state index contributed by atoms with van der Waals surface area (Å²) in [5.74, 6) is 0.279. The van der Waals surface area contributed by atoms with Crippen LogP contribution in [0.5, 0.6) is 0 Å². The summed E-state index contributed by atoms with van der Waals surface area (Å²) in [5, 5.41) is 10.4. The Morgan fingerprint density at radius 1 is 1.17 bits per heavy atom. The third kappa shape index (κ3) is 4.87. The quantitative estimate of drug-likeness (QED) is 0.704. The Labute approximate surface area is 174 Å². The normalized spacial score (nSPS) is 17.3. The number of amides is 1. The van der Waals surface area contributed by atoms with E-state index >= 15 is 0 Å². The van der Waals surface area contributed by atoms with Gasteiger partial charge in [0.1, 0.15) is 5.60 Å². The van der Waals surface area contributed by atoms with Gasteiger partial charge < -0.3 is 19.3 Å². The Kier molecular flexibility index (Phi) is 6.12. The SMILES string of the molecule is COC(=O)CC1CN(c2nnc(Cl)c3ccccc23)CCN1C(=O)OC(C)(C)C. The lowest BCUT2D eigenvalue weighted by atomic mass is 10.1. The van der Waals surface area contributed by atoms with Crippen molar-refractivity contribution < 1.29 is 19.1 Å². The Morgan fingerprint density at radius 2 is 1.86 bits per heavy atom. The zero-order valence-corrected chi connectivity index (χ0v) is 17.8. The molecule has 1 unspecified atom stereocenters. The van der Waals surface area contributed by atoms with Crippen LogP contribution in [0.4, 0.5) is 10.6 Å². The average molecular weight is 421 g/mol. The molecule has 8 nitrogen and oxygen atoms in total. The Hall–Kier alpha value is -2.61. The van der Waals surface area contributed by atoms with E-state index in [-0.39, 0.29) is 6.42 Å². The molecule has 0 bridgehead atoms. The monoisotopic (exact) mass is 420 g/mol. The molecule has 0 aliphatic carbocycles. The summed E-state index contributed by atoms with van der Waals surface area (Å²) < 4.78 is 10.3. The second kappa shape index (κ2) is 8.41. The van der Waals surface area contributed by atoms with Crippen molar-refractivity contribution >= 4 is 40.3 Å². The highest BCUT2D eigenvalue weighted by atomic mass is 35.5. The molecular formula is C20H25ClN4O4. The molecule has 0 radical (unpaired) electrons. The second-order valence-electron chi connectivity index (χ2n) is 7.91. The molecule has 1 amide bonds. The van der Waals surface area contributed by atoms with Crippen molar-refractivity contribution in [3.63, 3.8) is 0 Å². The topological polar surface area (TPSA) is 84.9 Å². The van der Waals surface area contributed by atoms with E-state index in [1.165, 1.54) is 7.11 Å². The highest BCUT2D eigenvalue weighted by Crippen LogP contribution is 2.30. The molecule has 9 heteroatoms. The van der Waals surface area contributed by atoms with Crippen molar-refractivity contribution in [3.05, 3.63) is 29.4 Å². The van der Waals surface area contributed by atoms with E-state index < -0.39 is 23.7 Å². The lowest BCUT2D eigenvalue weighted by molar-refractivity contribution is -0.141. The molecule has 29 heavy (non-hydrogen) atoms. The number of halogens is 1. The number of aromatic nitrogens is 2. The van der Waals surface area contributed by atoms with Gasteiger partial charge in [-0.15, -0.1) is 10.2 Å². The van der Waals surface area contributed by atoms with E-state index in [2.05, 4.69) is 10.2 Å². The minimum Gasteiger partial charge on any atom is -0.469 e. The number of rotatable bonds is 3. The number of piperazine rings is 1. The largest absolute Gasteiger partial charge is 0.469 e. The first-order valence-electron chi connectivity index (χ1n) is 9.42. The summed E-state index contributed by atoms with van der Waals surface area (Å²) in [5.41, 5.74) is -0.623. The van der Waals surface area contributed by atoms with E-state index in [0.717, 1.165) is 10.8 Å². The van der Waals surface area contributed by atoms with Crippen LogP contribution in [0.15, 0.2) is 24.3 Å². The fraction of sp³-hybridized carbons (Fsp3) is 0.500. The summed E-state index contributed by atoms with van der Waals surface area (Å²) in [6.45, 7) is 6.74. The van der Waals surface area contributed by atoms with Gasteiger partial charge in [-0.2, -0.15) is 0 Å². The molecule has 0 N–H and O–H groups in total. The van der Waals surface area contributed by atoms with Crippen LogP contribution in [0, 0.1) is 0 Å². The van der Waals surface area contributed by atoms with Crippen LogP contribution in [0.3, 0.4) is 0 Å². The summed E-state index contributed by atoms with van der Waals surface area (Å²) in [6, 6.07) is 7.20. The van der Waals surface area contributed by atoms with E-state index in [1.54, 1.807) is 4.90 Å². The summed E-state index contributed by atoms with van der Waals surface area (Å²) >= 11 is 6.19. The van der Waals surface area contributed by atoms with Crippen LogP contribution in [-0.2, 0) is 14.3 Å². The number of benzene rings is 1. The number of ether oxygens (including phenoxy) is 2. The van der Waals surface area contributed by atoms with Crippen molar-refractivity contribution in [1.29, 1.82) is 0 Å². The van der Waals surface area contributed by atoms with Crippen molar-refractivity contribution in [2.45, 2.75) is 38.8 Å². The number of hydrogen-bond donors (Lipinski definition) is 0. The van der Waals surface area contributed by atoms with Gasteiger partial charge >= 0.3 is 12.1 Å². The number of anilines is 1. The zero-order valence-electron chi connectivity index (χ0n) is 17.0. The van der Waals surface area contributed by atoms with E-state index in [1.807, 2.05) is 49.9 Å². The molecule has 1 saturated heterocycles. The van der Waals surface area contributed by atoms with Gasteiger partial charge in [-0.25, -0.2) is 4.79 Å². The summed E-state index contributed by atoms with van der Waals surface area (Å²) in [7, 11) is 1.33. The third-order valence-corrected chi connectivity index (χ3v) is 4.94. The van der Waals surface area contributed by atoms with Gasteiger partial charge in [0.05, 0.1) is 19.6 Å². The van der Waals surface area contributed by atoms with Crippen molar-refractivity contribution in [1.82, 2.24) is 15.1 Å². The van der Waals surface area contributed by atoms with Gasteiger partial charge in [0.15, 0.2) is 11.0 Å². The highest BCUT2D eigenvalue weighted by molar-refractivity contribution is 6.34. The fourth-order valence-electron chi connectivity index (χ4n) is 3.35. The molecule has 1 atom stereocenters. The molecule has 1 aromatic carbocycles. The Balaban J connectivity index is 1.89.